The van der Waals surface area contributed by atoms with Crippen molar-refractivity contribution in [2.75, 3.05) is 0 Å². The monoisotopic (exact) mass is 218 g/mol. The summed E-state index contributed by atoms with van der Waals surface area (Å²) in [5.74, 6) is 2.28. The van der Waals surface area contributed by atoms with E-state index in [0.717, 1.165) is 0 Å². The summed E-state index contributed by atoms with van der Waals surface area (Å²) >= 11 is 0. The van der Waals surface area contributed by atoms with Crippen molar-refractivity contribution < 1.29 is 4.52 Å². The SMILES string of the molecule is CC(C)C(C)c1nc(-c2ncccn2)no1. The van der Waals surface area contributed by atoms with Crippen LogP contribution < -0.4 is 0 Å². The fraction of sp³-hybridized carbons (Fsp3) is 0.455. The van der Waals surface area contributed by atoms with E-state index >= 15 is 0 Å². The van der Waals surface area contributed by atoms with Crippen molar-refractivity contribution in [2.45, 2.75) is 26.7 Å². The molecule has 0 N–H and O–H groups in total. The van der Waals surface area contributed by atoms with E-state index in [-0.39, 0.29) is 5.92 Å². The molecule has 0 radical (unpaired) electrons. The molecule has 2 rings (SSSR count). The predicted octanol–water partition coefficient (Wildman–Crippen LogP) is 2.29. The highest BCUT2D eigenvalue weighted by Gasteiger charge is 2.18. The molecule has 0 saturated carbocycles. The van der Waals surface area contributed by atoms with Crippen LogP contribution in [-0.2, 0) is 0 Å². The maximum atomic E-state index is 5.20. The molecule has 84 valence electrons. The smallest absolute Gasteiger partial charge is 0.240 e. The Morgan fingerprint density at radius 3 is 2.38 bits per heavy atom. The Morgan fingerprint density at radius 2 is 1.75 bits per heavy atom. The molecule has 1 atom stereocenters. The highest BCUT2D eigenvalue weighted by molar-refractivity contribution is 5.40. The van der Waals surface area contributed by atoms with Gasteiger partial charge in [-0.1, -0.05) is 25.9 Å². The molecule has 0 fully saturated rings. The van der Waals surface area contributed by atoms with Crippen molar-refractivity contribution in [3.05, 3.63) is 24.4 Å². The van der Waals surface area contributed by atoms with Crippen LogP contribution in [0, 0.1) is 5.92 Å². The van der Waals surface area contributed by atoms with Crippen molar-refractivity contribution in [1.29, 1.82) is 0 Å². The van der Waals surface area contributed by atoms with Crippen LogP contribution in [0.4, 0.5) is 0 Å². The Kier molecular flexibility index (Phi) is 2.94. The van der Waals surface area contributed by atoms with Crippen molar-refractivity contribution in [1.82, 2.24) is 20.1 Å². The Bertz CT molecular complexity index is 452. The Morgan fingerprint density at radius 1 is 1.06 bits per heavy atom. The molecule has 5 heteroatoms. The molecular formula is C11H14N4O. The zero-order valence-corrected chi connectivity index (χ0v) is 9.58. The van der Waals surface area contributed by atoms with Crippen molar-refractivity contribution in [3.63, 3.8) is 0 Å². The average Bonchev–Trinajstić information content (AvgIpc) is 2.78. The highest BCUT2D eigenvalue weighted by Crippen LogP contribution is 2.23. The van der Waals surface area contributed by atoms with Crippen molar-refractivity contribution in [2.24, 2.45) is 5.92 Å². The lowest BCUT2D eigenvalue weighted by Crippen LogP contribution is -2.02. The quantitative estimate of drug-likeness (QED) is 0.790. The zero-order valence-electron chi connectivity index (χ0n) is 9.58. The highest BCUT2D eigenvalue weighted by atomic mass is 16.5. The van der Waals surface area contributed by atoms with Crippen LogP contribution in [-0.4, -0.2) is 20.1 Å². The Hall–Kier alpha value is -1.78. The minimum Gasteiger partial charge on any atom is -0.339 e. The van der Waals surface area contributed by atoms with Gasteiger partial charge in [0, 0.05) is 18.3 Å². The minimum atomic E-state index is 0.241. The summed E-state index contributed by atoms with van der Waals surface area (Å²) in [5, 5.41) is 3.88. The maximum Gasteiger partial charge on any atom is 0.240 e. The van der Waals surface area contributed by atoms with Crippen molar-refractivity contribution in [3.8, 4) is 11.6 Å². The second kappa shape index (κ2) is 4.38. The van der Waals surface area contributed by atoms with Crippen LogP contribution in [0.15, 0.2) is 23.0 Å². The largest absolute Gasteiger partial charge is 0.339 e. The van der Waals surface area contributed by atoms with Gasteiger partial charge in [-0.05, 0) is 12.0 Å². The third kappa shape index (κ3) is 2.08. The predicted molar refractivity (Wildman–Crippen MR) is 58.6 cm³/mol. The van der Waals surface area contributed by atoms with E-state index in [4.69, 9.17) is 4.52 Å². The van der Waals surface area contributed by atoms with Gasteiger partial charge in [-0.2, -0.15) is 4.98 Å². The van der Waals surface area contributed by atoms with E-state index < -0.39 is 0 Å². The van der Waals surface area contributed by atoms with E-state index in [1.165, 1.54) is 0 Å². The molecule has 5 nitrogen and oxygen atoms in total. The summed E-state index contributed by atoms with van der Waals surface area (Å²) in [4.78, 5) is 12.4. The molecule has 0 aliphatic rings. The van der Waals surface area contributed by atoms with E-state index in [1.54, 1.807) is 18.5 Å². The molecule has 0 aliphatic heterocycles. The van der Waals surface area contributed by atoms with Crippen LogP contribution >= 0.6 is 0 Å². The fourth-order valence-electron chi connectivity index (χ4n) is 1.21. The van der Waals surface area contributed by atoms with Crippen LogP contribution in [0.5, 0.6) is 0 Å². The van der Waals surface area contributed by atoms with E-state index in [0.29, 0.717) is 23.5 Å². The molecular weight excluding hydrogens is 204 g/mol. The first-order chi connectivity index (χ1) is 7.68. The molecule has 2 heterocycles. The molecule has 1 unspecified atom stereocenters. The van der Waals surface area contributed by atoms with Crippen molar-refractivity contribution >= 4 is 0 Å². The second-order valence-electron chi connectivity index (χ2n) is 4.06. The molecule has 0 amide bonds. The number of nitrogens with zero attached hydrogens (tertiary/aromatic N) is 4. The third-order valence-electron chi connectivity index (χ3n) is 2.60. The fourth-order valence-corrected chi connectivity index (χ4v) is 1.21. The normalized spacial score (nSPS) is 13.0. The first kappa shape index (κ1) is 10.7. The number of rotatable bonds is 3. The summed E-state index contributed by atoms with van der Waals surface area (Å²) in [6.45, 7) is 6.30. The average molecular weight is 218 g/mol. The molecule has 2 aromatic rings. The topological polar surface area (TPSA) is 64.7 Å². The van der Waals surface area contributed by atoms with Gasteiger partial charge in [-0.25, -0.2) is 9.97 Å². The molecule has 0 bridgehead atoms. The summed E-state index contributed by atoms with van der Waals surface area (Å²) < 4.78 is 5.20. The lowest BCUT2D eigenvalue weighted by molar-refractivity contribution is 0.332. The molecule has 2 aromatic heterocycles. The summed E-state index contributed by atoms with van der Waals surface area (Å²) in [7, 11) is 0. The van der Waals surface area contributed by atoms with Crippen LogP contribution in [0.2, 0.25) is 0 Å². The molecule has 0 spiro atoms. The van der Waals surface area contributed by atoms with Crippen LogP contribution in [0.1, 0.15) is 32.6 Å². The molecule has 0 aromatic carbocycles. The minimum absolute atomic E-state index is 0.241. The molecule has 0 aliphatic carbocycles. The lowest BCUT2D eigenvalue weighted by Gasteiger charge is -2.08. The first-order valence-electron chi connectivity index (χ1n) is 5.29. The summed E-state index contributed by atoms with van der Waals surface area (Å²) in [6, 6.07) is 1.75. The number of hydrogen-bond acceptors (Lipinski definition) is 5. The first-order valence-corrected chi connectivity index (χ1v) is 5.29. The van der Waals surface area contributed by atoms with Gasteiger partial charge < -0.3 is 4.52 Å². The molecule has 0 saturated heterocycles. The Labute approximate surface area is 93.9 Å². The van der Waals surface area contributed by atoms with Gasteiger partial charge in [0.2, 0.25) is 17.5 Å². The number of aromatic nitrogens is 4. The van der Waals surface area contributed by atoms with Gasteiger partial charge in [-0.3, -0.25) is 0 Å². The maximum absolute atomic E-state index is 5.20. The molecule has 16 heavy (non-hydrogen) atoms. The summed E-state index contributed by atoms with van der Waals surface area (Å²) in [6.07, 6.45) is 3.31. The standard InChI is InChI=1S/C11H14N4O/c1-7(2)8(3)11-14-10(15-16-11)9-12-5-4-6-13-9/h4-8H,1-3H3. The number of hydrogen-bond donors (Lipinski definition) is 0. The third-order valence-corrected chi connectivity index (χ3v) is 2.60. The van der Waals surface area contributed by atoms with E-state index in [2.05, 4.69) is 40.9 Å². The Balaban J connectivity index is 2.27. The van der Waals surface area contributed by atoms with Gasteiger partial charge in [-0.15, -0.1) is 0 Å². The van der Waals surface area contributed by atoms with E-state index in [9.17, 15) is 0 Å². The van der Waals surface area contributed by atoms with E-state index in [1.807, 2.05) is 0 Å². The van der Waals surface area contributed by atoms with Crippen LogP contribution in [0.3, 0.4) is 0 Å². The van der Waals surface area contributed by atoms with Gasteiger partial charge in [0.15, 0.2) is 0 Å². The van der Waals surface area contributed by atoms with Gasteiger partial charge in [0.25, 0.3) is 0 Å². The van der Waals surface area contributed by atoms with Crippen LogP contribution in [0.25, 0.3) is 11.6 Å². The zero-order chi connectivity index (χ0) is 11.5. The van der Waals surface area contributed by atoms with Gasteiger partial charge >= 0.3 is 0 Å². The lowest BCUT2D eigenvalue weighted by atomic mass is 9.98. The van der Waals surface area contributed by atoms with Gasteiger partial charge in [0.05, 0.1) is 0 Å². The van der Waals surface area contributed by atoms with Gasteiger partial charge in [0.1, 0.15) is 0 Å². The summed E-state index contributed by atoms with van der Waals surface area (Å²) in [5.41, 5.74) is 0. The second-order valence-corrected chi connectivity index (χ2v) is 4.06.